The molecule has 5 aliphatic heterocycles. The molecule has 24 heteroatoms. The molecule has 7 rings (SSSR count). The molecule has 2 aliphatic carbocycles. The first-order valence-corrected chi connectivity index (χ1v) is 21.0. The monoisotopic (exact) mass is 892 g/mol. The van der Waals surface area contributed by atoms with Crippen LogP contribution in [0.2, 0.25) is 0 Å². The van der Waals surface area contributed by atoms with Gasteiger partial charge in [0.1, 0.15) is 62.0 Å². The van der Waals surface area contributed by atoms with E-state index in [1.54, 1.807) is 6.08 Å². The van der Waals surface area contributed by atoms with Crippen molar-refractivity contribution in [2.75, 3.05) is 38.9 Å². The van der Waals surface area contributed by atoms with Crippen molar-refractivity contribution in [2.24, 2.45) is 23.7 Å². The molecule has 0 aromatic carbocycles. The Morgan fingerprint density at radius 2 is 1.22 bits per heavy atom. The number of rotatable bonds is 12. The summed E-state index contributed by atoms with van der Waals surface area (Å²) in [7, 11) is 0. The lowest BCUT2D eigenvalue weighted by Crippen LogP contribution is -2.61. The van der Waals surface area contributed by atoms with E-state index < -0.39 is 152 Å². The number of aliphatic hydroxyl groups is 8. The average Bonchev–Trinajstić information content (AvgIpc) is 3.89. The van der Waals surface area contributed by atoms with E-state index in [1.807, 2.05) is 0 Å². The summed E-state index contributed by atoms with van der Waals surface area (Å²) in [6.07, 6.45) is -14.6. The van der Waals surface area contributed by atoms with E-state index in [-0.39, 0.29) is 23.3 Å². The maximum absolute atomic E-state index is 14.0. The zero-order valence-corrected chi connectivity index (χ0v) is 33.3. The highest BCUT2D eigenvalue weighted by Gasteiger charge is 2.58. The second kappa shape index (κ2) is 18.6. The molecule has 3 fully saturated rings. The first-order valence-electron chi connectivity index (χ1n) is 18.6. The normalized spacial score (nSPS) is 41.6. The Bertz CT molecular complexity index is 1780. The Labute approximate surface area is 348 Å². The van der Waals surface area contributed by atoms with Gasteiger partial charge in [-0.05, 0) is 53.3 Å². The van der Waals surface area contributed by atoms with Crippen LogP contribution in [0.25, 0.3) is 0 Å². The Morgan fingerprint density at radius 1 is 0.667 bits per heavy atom. The minimum Gasteiger partial charge on any atom is -0.471 e. The van der Waals surface area contributed by atoms with Gasteiger partial charge in [-0.1, -0.05) is 6.08 Å². The molecule has 5 heterocycles. The molecular weight excluding hydrogens is 849 g/mol. The molecule has 0 amide bonds. The Morgan fingerprint density at radius 3 is 1.82 bits per heavy atom. The molecule has 60 heavy (non-hydrogen) atoms. The number of ether oxygens (including phenoxy) is 10. The van der Waals surface area contributed by atoms with Gasteiger partial charge in [0.2, 0.25) is 12.6 Å². The van der Waals surface area contributed by atoms with Gasteiger partial charge in [0, 0.05) is 11.8 Å². The van der Waals surface area contributed by atoms with Gasteiger partial charge in [-0.15, -0.1) is 0 Å². The second-order valence-corrected chi connectivity index (χ2v) is 16.1. The highest BCUT2D eigenvalue weighted by molar-refractivity contribution is 8.12. The van der Waals surface area contributed by atoms with Crippen molar-refractivity contribution >= 4 is 46.1 Å². The minimum absolute atomic E-state index is 0.188. The van der Waals surface area contributed by atoms with Crippen LogP contribution in [0.15, 0.2) is 47.0 Å². The van der Waals surface area contributed by atoms with Crippen LogP contribution in [0.1, 0.15) is 0 Å². The smallest absolute Gasteiger partial charge is 0.367 e. The molecule has 0 unspecified atom stereocenters. The van der Waals surface area contributed by atoms with Crippen molar-refractivity contribution in [1.82, 2.24) is 0 Å². The molecule has 0 spiro atoms. The lowest BCUT2D eigenvalue weighted by Gasteiger charge is -2.44. The summed E-state index contributed by atoms with van der Waals surface area (Å²) in [5.41, 5.74) is 0.497. The maximum Gasteiger partial charge on any atom is 0.367 e. The fourth-order valence-electron chi connectivity index (χ4n) is 8.31. The van der Waals surface area contributed by atoms with Gasteiger partial charge in [0.25, 0.3) is 0 Å². The fourth-order valence-corrected chi connectivity index (χ4v) is 8.67. The van der Waals surface area contributed by atoms with Crippen LogP contribution in [0, 0.1) is 23.7 Å². The van der Waals surface area contributed by atoms with Gasteiger partial charge in [0.05, 0.1) is 54.8 Å². The molecule has 0 aromatic rings. The summed E-state index contributed by atoms with van der Waals surface area (Å²) in [6, 6.07) is 0. The van der Waals surface area contributed by atoms with Crippen LogP contribution < -0.4 is 0 Å². The van der Waals surface area contributed by atoms with E-state index in [9.17, 15) is 60.0 Å². The Kier molecular flexibility index (Phi) is 13.8. The van der Waals surface area contributed by atoms with Crippen LogP contribution in [0.5, 0.6) is 0 Å². The van der Waals surface area contributed by atoms with E-state index in [0.717, 1.165) is 36.0 Å². The second-order valence-electron chi connectivity index (χ2n) is 14.6. The molecular formula is C36H44O22S2. The van der Waals surface area contributed by atoms with Crippen LogP contribution in [-0.2, 0) is 57.0 Å². The molecule has 0 saturated carbocycles. The van der Waals surface area contributed by atoms with Crippen LogP contribution >= 0.6 is 23.5 Å². The standard InChI is InChI=1S/C36H44O22S2/c1-59-35(47)51-7-11-3-15(39)21-13(9-49-31(19(11)21)57-33-26(43)25(42)23(40)17(5-37)54-33)30(46)56-28-24(41)18(6-38)55-34(27(28)44)58-32-20-12(8-52-36(48)60-2)4-16-22(20)14(10-50-32)29(45)53-16/h3-4,9-10,15-28,31-34,37-44H,5-8H2,1-2H3/t15-,16-,17-,18-,19-,20-,21+,22+,23-,24-,25+,26-,27-,28+,31+,32+,33+,34+/m1/s1. The van der Waals surface area contributed by atoms with Crippen molar-refractivity contribution < 1.29 is 107 Å². The third kappa shape index (κ3) is 8.43. The fraction of sp³-hybridized carbons (Fsp3) is 0.667. The molecule has 0 radical (unpaired) electrons. The maximum atomic E-state index is 14.0. The van der Waals surface area contributed by atoms with E-state index in [2.05, 4.69) is 0 Å². The molecule has 332 valence electrons. The highest BCUT2D eigenvalue weighted by atomic mass is 32.2. The Hall–Kier alpha value is -3.34. The zero-order chi connectivity index (χ0) is 43.2. The lowest BCUT2D eigenvalue weighted by molar-refractivity contribution is -0.341. The predicted octanol–water partition coefficient (Wildman–Crippen LogP) is -2.72. The van der Waals surface area contributed by atoms with Gasteiger partial charge in [-0.25, -0.2) is 19.2 Å². The number of hydrogen-bond acceptors (Lipinski definition) is 24. The largest absolute Gasteiger partial charge is 0.471 e. The third-order valence-electron chi connectivity index (χ3n) is 11.3. The molecule has 22 nitrogen and oxygen atoms in total. The molecule has 8 N–H and O–H groups in total. The molecule has 0 bridgehead atoms. The van der Waals surface area contributed by atoms with Crippen molar-refractivity contribution in [3.63, 3.8) is 0 Å². The van der Waals surface area contributed by atoms with Crippen molar-refractivity contribution in [3.05, 3.63) is 47.0 Å². The highest BCUT2D eigenvalue weighted by Crippen LogP contribution is 2.50. The average molecular weight is 893 g/mol. The number of thioether (sulfide) groups is 2. The number of carbonyl (C=O) groups is 4. The summed E-state index contributed by atoms with van der Waals surface area (Å²) in [6.45, 7) is -2.26. The summed E-state index contributed by atoms with van der Waals surface area (Å²) in [5, 5.41) is 83.7. The van der Waals surface area contributed by atoms with Gasteiger partial charge in [-0.2, -0.15) is 0 Å². The number of aliphatic hydroxyl groups excluding tert-OH is 8. The summed E-state index contributed by atoms with van der Waals surface area (Å²) in [5.74, 6) is -5.75. The minimum atomic E-state index is -1.97. The number of carbonyl (C=O) groups excluding carboxylic acids is 4. The molecule has 0 aromatic heterocycles. The third-order valence-corrected chi connectivity index (χ3v) is 12.2. The summed E-state index contributed by atoms with van der Waals surface area (Å²) < 4.78 is 56.2. The van der Waals surface area contributed by atoms with Gasteiger partial charge in [-0.3, -0.25) is 0 Å². The van der Waals surface area contributed by atoms with Crippen LogP contribution in [-0.4, -0.2) is 189 Å². The van der Waals surface area contributed by atoms with Gasteiger partial charge in [0.15, 0.2) is 18.7 Å². The Balaban J connectivity index is 1.10. The lowest BCUT2D eigenvalue weighted by atomic mass is 9.82. The molecule has 18 atom stereocenters. The van der Waals surface area contributed by atoms with E-state index >= 15 is 0 Å². The summed E-state index contributed by atoms with van der Waals surface area (Å²) >= 11 is 1.59. The SMILES string of the molecule is CSC(=O)OCC1=C[C@@H](O)[C@@H]2C(C(=O)O[C@@H]3[C@@H](O)[C@H](O[C@@H]4OC=C5C(=O)O[C@@H]6C=C(COC(=O)SC)[C@@H]4[C@@H]56)O[C@H](CO)[C@H]3O)=CO[C@@H](O[C@@H]3O[C@H](CO)[C@@H](O)[C@H](O)[C@H]3O)[C@H]12. The van der Waals surface area contributed by atoms with Crippen LogP contribution in [0.4, 0.5) is 9.59 Å². The van der Waals surface area contributed by atoms with Crippen molar-refractivity contribution in [1.29, 1.82) is 0 Å². The van der Waals surface area contributed by atoms with Gasteiger partial charge < -0.3 is 88.2 Å². The molecule has 3 saturated heterocycles. The first kappa shape index (κ1) is 44.7. The number of hydrogen-bond donors (Lipinski definition) is 8. The predicted molar refractivity (Wildman–Crippen MR) is 195 cm³/mol. The summed E-state index contributed by atoms with van der Waals surface area (Å²) in [4.78, 5) is 50.6. The first-order chi connectivity index (χ1) is 28.7. The van der Waals surface area contributed by atoms with E-state index in [0.29, 0.717) is 5.57 Å². The number of fused-ring (bicyclic) bond motifs is 1. The quantitative estimate of drug-likeness (QED) is 0.0561. The van der Waals surface area contributed by atoms with E-state index in [4.69, 9.17) is 47.4 Å². The van der Waals surface area contributed by atoms with E-state index in [1.165, 1.54) is 18.6 Å². The topological polar surface area (TPSA) is 322 Å². The van der Waals surface area contributed by atoms with Gasteiger partial charge >= 0.3 is 22.5 Å². The molecule has 7 aliphatic rings. The van der Waals surface area contributed by atoms with Crippen molar-refractivity contribution in [3.8, 4) is 0 Å². The van der Waals surface area contributed by atoms with Crippen LogP contribution in [0.3, 0.4) is 0 Å². The number of esters is 2. The zero-order valence-electron chi connectivity index (χ0n) is 31.6. The van der Waals surface area contributed by atoms with Crippen molar-refractivity contribution in [2.45, 2.75) is 86.2 Å².